The van der Waals surface area contributed by atoms with E-state index in [9.17, 15) is 9.59 Å². The van der Waals surface area contributed by atoms with Crippen molar-refractivity contribution in [3.8, 4) is 0 Å². The van der Waals surface area contributed by atoms with E-state index < -0.39 is 18.0 Å². The highest BCUT2D eigenvalue weighted by molar-refractivity contribution is 5.79. The maximum atomic E-state index is 9.65. The lowest BCUT2D eigenvalue weighted by Crippen LogP contribution is -2.07. The van der Waals surface area contributed by atoms with Crippen molar-refractivity contribution in [3.05, 3.63) is 12.3 Å². The molecule has 0 aliphatic carbocycles. The molecule has 0 aliphatic heterocycles. The second-order valence-corrected chi connectivity index (χ2v) is 2.10. The Bertz CT molecular complexity index is 183. The number of carboxylic acids is 2. The summed E-state index contributed by atoms with van der Waals surface area (Å²) >= 11 is 0. The van der Waals surface area contributed by atoms with Crippen molar-refractivity contribution in [2.45, 2.75) is 19.4 Å². The fourth-order valence-electron chi connectivity index (χ4n) is 0.316. The third-order valence-corrected chi connectivity index (χ3v) is 0.687. The minimum atomic E-state index is -1.14. The molecule has 0 amide bonds. The third kappa shape index (κ3) is 25.1. The Kier molecular flexibility index (Phi) is 9.19. The van der Waals surface area contributed by atoms with E-state index in [0.717, 1.165) is 0 Å². The molecule has 6 nitrogen and oxygen atoms in total. The smallest absolute Gasteiger partial charge is 0.331 e. The number of aliphatic hydroxyl groups is 2. The Hall–Kier alpha value is -1.56. The number of aliphatic hydroxyl groups excluding tert-OH is 2. The van der Waals surface area contributed by atoms with Crippen LogP contribution in [0.2, 0.25) is 0 Å². The summed E-state index contributed by atoms with van der Waals surface area (Å²) in [6, 6.07) is 0. The minimum Gasteiger partial charge on any atom is -0.515 e. The van der Waals surface area contributed by atoms with Gasteiger partial charge in [-0.1, -0.05) is 0 Å². The molecule has 0 bridgehead atoms. The second kappa shape index (κ2) is 8.54. The second-order valence-electron chi connectivity index (χ2n) is 2.10. The summed E-state index contributed by atoms with van der Waals surface area (Å²) in [5.41, 5.74) is 0. The van der Waals surface area contributed by atoms with E-state index in [-0.39, 0.29) is 6.42 Å². The van der Waals surface area contributed by atoms with Crippen LogP contribution >= 0.6 is 0 Å². The molecule has 0 aromatic heterocycles. The van der Waals surface area contributed by atoms with Gasteiger partial charge < -0.3 is 20.4 Å². The lowest BCUT2D eigenvalue weighted by Gasteiger charge is -1.94. The van der Waals surface area contributed by atoms with Crippen LogP contribution in [0.5, 0.6) is 0 Å². The highest BCUT2D eigenvalue weighted by atomic mass is 16.4. The summed E-state index contributed by atoms with van der Waals surface area (Å²) in [6.45, 7) is 1.44. The highest BCUT2D eigenvalue weighted by Gasteiger charge is 2.00. The van der Waals surface area contributed by atoms with Gasteiger partial charge in [0.15, 0.2) is 0 Å². The molecular weight excluding hydrogens is 180 g/mol. The van der Waals surface area contributed by atoms with E-state index in [0.29, 0.717) is 12.3 Å². The lowest BCUT2D eigenvalue weighted by atomic mass is 10.3. The maximum Gasteiger partial charge on any atom is 0.331 e. The third-order valence-electron chi connectivity index (χ3n) is 0.687. The molecule has 0 radical (unpaired) electrons. The minimum absolute atomic E-state index is 0.167. The molecule has 0 aromatic rings. The van der Waals surface area contributed by atoms with E-state index in [1.807, 2.05) is 0 Å². The molecule has 0 heterocycles. The van der Waals surface area contributed by atoms with Crippen molar-refractivity contribution in [1.82, 2.24) is 0 Å². The number of carbonyl (C=O) groups is 2. The summed E-state index contributed by atoms with van der Waals surface area (Å²) in [4.78, 5) is 19.0. The highest BCUT2D eigenvalue weighted by Crippen LogP contribution is 1.85. The largest absolute Gasteiger partial charge is 0.515 e. The average molecular weight is 192 g/mol. The van der Waals surface area contributed by atoms with Crippen LogP contribution in [0.15, 0.2) is 12.3 Å². The molecule has 0 aromatic carbocycles. The first-order chi connectivity index (χ1) is 5.90. The van der Waals surface area contributed by atoms with Gasteiger partial charge in [-0.15, -0.1) is 0 Å². The molecule has 0 saturated carbocycles. The van der Waals surface area contributed by atoms with Gasteiger partial charge in [0.2, 0.25) is 0 Å². The molecule has 0 fully saturated rings. The zero-order valence-corrected chi connectivity index (χ0v) is 7.04. The molecule has 13 heavy (non-hydrogen) atoms. The fourth-order valence-corrected chi connectivity index (χ4v) is 0.316. The predicted molar refractivity (Wildman–Crippen MR) is 43.3 cm³/mol. The predicted octanol–water partition coefficient (Wildman–Crippen LogP) is -0.0154. The number of aliphatic carboxylic acids is 2. The van der Waals surface area contributed by atoms with Crippen molar-refractivity contribution in [2.75, 3.05) is 0 Å². The summed E-state index contributed by atoms with van der Waals surface area (Å²) in [6.07, 6.45) is 0.222. The summed E-state index contributed by atoms with van der Waals surface area (Å²) < 4.78 is 0. The Morgan fingerprint density at radius 3 is 1.85 bits per heavy atom. The van der Waals surface area contributed by atoms with Gasteiger partial charge >= 0.3 is 11.9 Å². The zero-order chi connectivity index (χ0) is 10.9. The number of rotatable bonds is 3. The van der Waals surface area contributed by atoms with Crippen LogP contribution in [-0.2, 0) is 9.59 Å². The SMILES string of the molecule is CC(O)CC(=O)O.O=C(O)C=CO. The van der Waals surface area contributed by atoms with Gasteiger partial charge in [0, 0.05) is 0 Å². The van der Waals surface area contributed by atoms with Crippen molar-refractivity contribution >= 4 is 11.9 Å². The van der Waals surface area contributed by atoms with Crippen molar-refractivity contribution in [2.24, 2.45) is 0 Å². The van der Waals surface area contributed by atoms with E-state index in [1.54, 1.807) is 0 Å². The Morgan fingerprint density at radius 1 is 1.38 bits per heavy atom. The van der Waals surface area contributed by atoms with Crippen LogP contribution in [0.25, 0.3) is 0 Å². The van der Waals surface area contributed by atoms with Crippen LogP contribution in [0.3, 0.4) is 0 Å². The van der Waals surface area contributed by atoms with E-state index in [4.69, 9.17) is 20.4 Å². The fraction of sp³-hybridized carbons (Fsp3) is 0.429. The number of hydrogen-bond donors (Lipinski definition) is 4. The summed E-state index contributed by atoms with van der Waals surface area (Å²) in [5, 5.41) is 31.6. The first kappa shape index (κ1) is 14.0. The lowest BCUT2D eigenvalue weighted by molar-refractivity contribution is -0.139. The van der Waals surface area contributed by atoms with Crippen LogP contribution in [0.1, 0.15) is 13.3 Å². The van der Waals surface area contributed by atoms with Gasteiger partial charge in [-0.05, 0) is 6.92 Å². The summed E-state index contributed by atoms with van der Waals surface area (Å²) in [5.74, 6) is -2.10. The molecule has 0 rings (SSSR count). The molecule has 76 valence electrons. The van der Waals surface area contributed by atoms with Crippen molar-refractivity contribution in [3.63, 3.8) is 0 Å². The van der Waals surface area contributed by atoms with Crippen LogP contribution in [-0.4, -0.2) is 38.5 Å². The van der Waals surface area contributed by atoms with E-state index >= 15 is 0 Å². The number of hydrogen-bond acceptors (Lipinski definition) is 4. The number of carboxylic acid groups (broad SMARTS) is 2. The molecule has 1 unspecified atom stereocenters. The zero-order valence-electron chi connectivity index (χ0n) is 7.04. The van der Waals surface area contributed by atoms with E-state index in [1.165, 1.54) is 6.92 Å². The van der Waals surface area contributed by atoms with Gasteiger partial charge in [-0.3, -0.25) is 4.79 Å². The van der Waals surface area contributed by atoms with Gasteiger partial charge in [0.05, 0.1) is 24.9 Å². The van der Waals surface area contributed by atoms with E-state index in [2.05, 4.69) is 0 Å². The molecule has 0 saturated heterocycles. The maximum absolute atomic E-state index is 9.65. The first-order valence-electron chi connectivity index (χ1n) is 3.33. The quantitative estimate of drug-likeness (QED) is 0.369. The Labute approximate surface area is 74.7 Å². The molecule has 0 aliphatic rings. The van der Waals surface area contributed by atoms with Crippen LogP contribution in [0, 0.1) is 0 Å². The molecule has 4 N–H and O–H groups in total. The molecule has 1 atom stereocenters. The van der Waals surface area contributed by atoms with Gasteiger partial charge in [0.1, 0.15) is 0 Å². The van der Waals surface area contributed by atoms with Crippen LogP contribution < -0.4 is 0 Å². The van der Waals surface area contributed by atoms with Gasteiger partial charge in [0.25, 0.3) is 0 Å². The van der Waals surface area contributed by atoms with Gasteiger partial charge in [-0.25, -0.2) is 4.79 Å². The average Bonchev–Trinajstić information content (AvgIpc) is 1.83. The van der Waals surface area contributed by atoms with Crippen molar-refractivity contribution < 1.29 is 30.0 Å². The molecule has 6 heteroatoms. The van der Waals surface area contributed by atoms with Crippen molar-refractivity contribution in [1.29, 1.82) is 0 Å². The first-order valence-corrected chi connectivity index (χ1v) is 3.33. The van der Waals surface area contributed by atoms with Gasteiger partial charge in [-0.2, -0.15) is 0 Å². The standard InChI is InChI=1S/C4H8O3.C3H4O3/c1-3(5)2-4(6)7;4-2-1-3(5)6/h3,5H,2H2,1H3,(H,6,7);1-2,4H,(H,5,6). The topological polar surface area (TPSA) is 115 Å². The van der Waals surface area contributed by atoms with Crippen LogP contribution in [0.4, 0.5) is 0 Å². The monoisotopic (exact) mass is 192 g/mol. The molecule has 0 spiro atoms. The molecular formula is C7H12O6. The Balaban J connectivity index is 0. The Morgan fingerprint density at radius 2 is 1.85 bits per heavy atom. The summed E-state index contributed by atoms with van der Waals surface area (Å²) in [7, 11) is 0. The normalized spacial score (nSPS) is 11.5.